The lowest BCUT2D eigenvalue weighted by molar-refractivity contribution is 0.414. The van der Waals surface area contributed by atoms with Crippen LogP contribution in [0.2, 0.25) is 5.02 Å². The first kappa shape index (κ1) is 12.8. The highest BCUT2D eigenvalue weighted by atomic mass is 35.5. The van der Waals surface area contributed by atoms with E-state index < -0.39 is 0 Å². The summed E-state index contributed by atoms with van der Waals surface area (Å²) in [4.78, 5) is 2.04. The first-order valence-corrected chi connectivity index (χ1v) is 6.08. The van der Waals surface area contributed by atoms with Crippen molar-refractivity contribution in [2.45, 2.75) is 6.92 Å². The summed E-state index contributed by atoms with van der Waals surface area (Å²) in [6.45, 7) is 6.11. The molecule has 0 saturated carbocycles. The summed E-state index contributed by atoms with van der Waals surface area (Å²) in [6, 6.07) is 5.69. The summed E-state index contributed by atoms with van der Waals surface area (Å²) >= 11 is 6.29. The van der Waals surface area contributed by atoms with Crippen molar-refractivity contribution in [1.29, 1.82) is 0 Å². The molecule has 0 saturated heterocycles. The number of hydrogen-bond acceptors (Lipinski definition) is 2. The number of nitrogens with zero attached hydrogens (tertiary/aromatic N) is 1. The van der Waals surface area contributed by atoms with Gasteiger partial charge in [-0.3, -0.25) is 0 Å². The molecule has 0 aromatic heterocycles. The van der Waals surface area contributed by atoms with Crippen LogP contribution in [0, 0.1) is 0 Å². The Morgan fingerprint density at radius 3 is 2.61 bits per heavy atom. The van der Waals surface area contributed by atoms with Gasteiger partial charge in [0.25, 0.3) is 0 Å². The van der Waals surface area contributed by atoms with E-state index in [1.165, 1.54) is 0 Å². The molecule has 1 heterocycles. The Balaban J connectivity index is 2.46. The molecule has 2 nitrogen and oxygen atoms in total. The summed E-state index contributed by atoms with van der Waals surface area (Å²) in [6.07, 6.45) is 4.11. The fraction of sp³-hybridized carbons (Fsp3) is 0.200. The molecule has 0 unspecified atom stereocenters. The number of likely N-dealkylation sites (N-methyl/N-ethyl adjacent to an activating group) is 1. The molecule has 1 aromatic carbocycles. The Morgan fingerprint density at radius 2 is 2.00 bits per heavy atom. The van der Waals surface area contributed by atoms with Gasteiger partial charge >= 0.3 is 0 Å². The van der Waals surface area contributed by atoms with Crippen LogP contribution in [0.25, 0.3) is 5.70 Å². The predicted octanol–water partition coefficient (Wildman–Crippen LogP) is 4.09. The number of ether oxygens (including phenoxy) is 1. The fourth-order valence-corrected chi connectivity index (χ4v) is 2.19. The number of benzene rings is 1. The van der Waals surface area contributed by atoms with E-state index in [0.29, 0.717) is 5.02 Å². The van der Waals surface area contributed by atoms with Gasteiger partial charge in [-0.1, -0.05) is 24.3 Å². The largest absolute Gasteiger partial charge is 0.497 e. The average Bonchev–Trinajstić information content (AvgIpc) is 2.37. The predicted molar refractivity (Wildman–Crippen MR) is 76.6 cm³/mol. The highest BCUT2D eigenvalue weighted by Gasteiger charge is 2.17. The highest BCUT2D eigenvalue weighted by Crippen LogP contribution is 2.34. The third-order valence-corrected chi connectivity index (χ3v) is 3.48. The molecule has 1 aliphatic heterocycles. The van der Waals surface area contributed by atoms with E-state index in [0.717, 1.165) is 28.3 Å². The molecule has 0 fully saturated rings. The lowest BCUT2D eigenvalue weighted by atomic mass is 10.0. The molecule has 2 rings (SSSR count). The maximum absolute atomic E-state index is 6.29. The molecule has 0 spiro atoms. The summed E-state index contributed by atoms with van der Waals surface area (Å²) < 4.78 is 5.16. The quantitative estimate of drug-likeness (QED) is 0.795. The van der Waals surface area contributed by atoms with Gasteiger partial charge in [-0.05, 0) is 36.8 Å². The Labute approximate surface area is 113 Å². The van der Waals surface area contributed by atoms with E-state index >= 15 is 0 Å². The Morgan fingerprint density at radius 1 is 1.28 bits per heavy atom. The minimum absolute atomic E-state index is 0.674. The van der Waals surface area contributed by atoms with Crippen molar-refractivity contribution >= 4 is 17.3 Å². The SMILES string of the molecule is C=C1C(C)=CC=C(c2ccc(OC)cc2Cl)N1C. The van der Waals surface area contributed by atoms with Crippen molar-refractivity contribution in [3.63, 3.8) is 0 Å². The smallest absolute Gasteiger partial charge is 0.120 e. The lowest BCUT2D eigenvalue weighted by Crippen LogP contribution is -2.18. The minimum atomic E-state index is 0.674. The molecule has 0 N–H and O–H groups in total. The second kappa shape index (κ2) is 4.91. The molecule has 1 aromatic rings. The van der Waals surface area contributed by atoms with Gasteiger partial charge in [0.05, 0.1) is 12.1 Å². The second-order valence-corrected chi connectivity index (χ2v) is 4.66. The Hall–Kier alpha value is -1.67. The molecule has 0 radical (unpaired) electrons. The molecule has 0 amide bonds. The summed E-state index contributed by atoms with van der Waals surface area (Å²) in [5, 5.41) is 0.674. The van der Waals surface area contributed by atoms with Gasteiger partial charge in [0.1, 0.15) is 5.75 Å². The van der Waals surface area contributed by atoms with E-state index in [2.05, 4.69) is 18.7 Å². The standard InChI is InChI=1S/C15H16ClNO/c1-10-5-8-15(17(3)11(10)2)13-7-6-12(18-4)9-14(13)16/h5-9H,2H2,1,3-4H3. The fourth-order valence-electron chi connectivity index (χ4n) is 1.92. The zero-order valence-electron chi connectivity index (χ0n) is 10.8. The van der Waals surface area contributed by atoms with Crippen LogP contribution < -0.4 is 4.74 Å². The molecule has 3 heteroatoms. The third kappa shape index (κ3) is 2.16. The maximum atomic E-state index is 6.29. The van der Waals surface area contributed by atoms with Crippen LogP contribution in [0.3, 0.4) is 0 Å². The summed E-state index contributed by atoms with van der Waals surface area (Å²) in [5.74, 6) is 0.758. The summed E-state index contributed by atoms with van der Waals surface area (Å²) in [7, 11) is 3.62. The van der Waals surface area contributed by atoms with Crippen LogP contribution in [0.5, 0.6) is 5.75 Å². The van der Waals surface area contributed by atoms with Gasteiger partial charge in [0.2, 0.25) is 0 Å². The van der Waals surface area contributed by atoms with Crippen LogP contribution in [0.1, 0.15) is 12.5 Å². The van der Waals surface area contributed by atoms with E-state index in [1.54, 1.807) is 7.11 Å². The van der Waals surface area contributed by atoms with E-state index in [4.69, 9.17) is 16.3 Å². The van der Waals surface area contributed by atoms with Crippen LogP contribution in [0.4, 0.5) is 0 Å². The number of allylic oxidation sites excluding steroid dienone is 3. The number of rotatable bonds is 2. The van der Waals surface area contributed by atoms with Gasteiger partial charge < -0.3 is 9.64 Å². The van der Waals surface area contributed by atoms with Crippen molar-refractivity contribution in [2.75, 3.05) is 14.2 Å². The van der Waals surface area contributed by atoms with Crippen LogP contribution >= 0.6 is 11.6 Å². The molecule has 94 valence electrons. The number of methoxy groups -OCH3 is 1. The molecule has 0 aliphatic carbocycles. The minimum Gasteiger partial charge on any atom is -0.497 e. The van der Waals surface area contributed by atoms with Crippen molar-refractivity contribution in [1.82, 2.24) is 4.90 Å². The Kier molecular flexibility index (Phi) is 3.48. The monoisotopic (exact) mass is 261 g/mol. The highest BCUT2D eigenvalue weighted by molar-refractivity contribution is 6.32. The number of hydrogen-bond donors (Lipinski definition) is 0. The van der Waals surface area contributed by atoms with Crippen LogP contribution in [-0.4, -0.2) is 19.1 Å². The first-order valence-electron chi connectivity index (χ1n) is 5.70. The molecule has 18 heavy (non-hydrogen) atoms. The second-order valence-electron chi connectivity index (χ2n) is 4.25. The van der Waals surface area contributed by atoms with E-state index in [-0.39, 0.29) is 0 Å². The van der Waals surface area contributed by atoms with Crippen molar-refractivity contribution in [3.05, 3.63) is 58.8 Å². The van der Waals surface area contributed by atoms with E-state index in [9.17, 15) is 0 Å². The van der Waals surface area contributed by atoms with Gasteiger partial charge in [-0.2, -0.15) is 0 Å². The summed E-state index contributed by atoms with van der Waals surface area (Å²) in [5.41, 5.74) is 4.16. The van der Waals surface area contributed by atoms with Gasteiger partial charge in [-0.15, -0.1) is 0 Å². The third-order valence-electron chi connectivity index (χ3n) is 3.16. The zero-order chi connectivity index (χ0) is 13.3. The van der Waals surface area contributed by atoms with Gasteiger partial charge in [0, 0.05) is 24.0 Å². The van der Waals surface area contributed by atoms with Gasteiger partial charge in [-0.25, -0.2) is 0 Å². The lowest BCUT2D eigenvalue weighted by Gasteiger charge is -2.29. The topological polar surface area (TPSA) is 12.5 Å². The van der Waals surface area contributed by atoms with Crippen LogP contribution in [0.15, 0.2) is 48.2 Å². The van der Waals surface area contributed by atoms with Crippen LogP contribution in [-0.2, 0) is 0 Å². The molecular formula is C15H16ClNO. The molecule has 0 bridgehead atoms. The Bertz CT molecular complexity index is 558. The maximum Gasteiger partial charge on any atom is 0.120 e. The average molecular weight is 262 g/mol. The normalized spacial score (nSPS) is 15.3. The molecular weight excluding hydrogens is 246 g/mol. The van der Waals surface area contributed by atoms with Crippen molar-refractivity contribution in [2.24, 2.45) is 0 Å². The van der Waals surface area contributed by atoms with Gasteiger partial charge in [0.15, 0.2) is 0 Å². The van der Waals surface area contributed by atoms with Crippen molar-refractivity contribution < 1.29 is 4.74 Å². The zero-order valence-corrected chi connectivity index (χ0v) is 11.6. The number of halogens is 1. The van der Waals surface area contributed by atoms with Crippen molar-refractivity contribution in [3.8, 4) is 5.75 Å². The first-order chi connectivity index (χ1) is 8.54. The van der Waals surface area contributed by atoms with E-state index in [1.807, 2.05) is 37.1 Å². The molecule has 1 aliphatic rings. The molecule has 0 atom stereocenters.